The van der Waals surface area contributed by atoms with Gasteiger partial charge in [0.05, 0.1) is 6.61 Å². The van der Waals surface area contributed by atoms with Crippen molar-refractivity contribution < 1.29 is 23.4 Å². The van der Waals surface area contributed by atoms with Crippen LogP contribution in [0.4, 0.5) is 8.78 Å². The van der Waals surface area contributed by atoms with Crippen molar-refractivity contribution in [2.45, 2.75) is 13.0 Å². The van der Waals surface area contributed by atoms with Crippen molar-refractivity contribution in [2.75, 3.05) is 13.2 Å². The SMILES string of the molecule is CCOc1cccc(OCC(O)c2cccc(F)c2F)c1. The topological polar surface area (TPSA) is 38.7 Å². The highest BCUT2D eigenvalue weighted by molar-refractivity contribution is 5.33. The molecule has 0 radical (unpaired) electrons. The van der Waals surface area contributed by atoms with Crippen LogP contribution in [0, 0.1) is 11.6 Å². The lowest BCUT2D eigenvalue weighted by molar-refractivity contribution is 0.104. The van der Waals surface area contributed by atoms with Crippen molar-refractivity contribution >= 4 is 0 Å². The predicted molar refractivity (Wildman–Crippen MR) is 74.4 cm³/mol. The number of halogens is 2. The summed E-state index contributed by atoms with van der Waals surface area (Å²) in [6.45, 7) is 2.21. The van der Waals surface area contributed by atoms with Crippen LogP contribution in [0.5, 0.6) is 11.5 Å². The first-order chi connectivity index (χ1) is 10.1. The number of aliphatic hydroxyl groups is 1. The molecule has 2 rings (SSSR count). The number of benzene rings is 2. The Morgan fingerprint density at radius 3 is 2.43 bits per heavy atom. The Kier molecular flexibility index (Phi) is 5.11. The molecule has 112 valence electrons. The highest BCUT2D eigenvalue weighted by Crippen LogP contribution is 2.23. The van der Waals surface area contributed by atoms with Crippen molar-refractivity contribution in [3.63, 3.8) is 0 Å². The second-order valence-electron chi connectivity index (χ2n) is 4.38. The first-order valence-corrected chi connectivity index (χ1v) is 6.59. The molecule has 0 aliphatic carbocycles. The maximum Gasteiger partial charge on any atom is 0.164 e. The van der Waals surface area contributed by atoms with Crippen LogP contribution < -0.4 is 9.47 Å². The maximum atomic E-state index is 13.5. The number of hydrogen-bond donors (Lipinski definition) is 1. The first-order valence-electron chi connectivity index (χ1n) is 6.59. The summed E-state index contributed by atoms with van der Waals surface area (Å²) >= 11 is 0. The molecule has 2 aromatic rings. The minimum atomic E-state index is -1.25. The van der Waals surface area contributed by atoms with Crippen molar-refractivity contribution in [1.29, 1.82) is 0 Å². The fourth-order valence-corrected chi connectivity index (χ4v) is 1.86. The van der Waals surface area contributed by atoms with Crippen LogP contribution >= 0.6 is 0 Å². The van der Waals surface area contributed by atoms with Gasteiger partial charge < -0.3 is 14.6 Å². The minimum absolute atomic E-state index is 0.129. The third-order valence-electron chi connectivity index (χ3n) is 2.86. The largest absolute Gasteiger partial charge is 0.494 e. The molecule has 0 saturated heterocycles. The van der Waals surface area contributed by atoms with E-state index in [0.717, 1.165) is 6.07 Å². The van der Waals surface area contributed by atoms with Gasteiger partial charge in [0.25, 0.3) is 0 Å². The first kappa shape index (κ1) is 15.3. The number of hydrogen-bond acceptors (Lipinski definition) is 3. The lowest BCUT2D eigenvalue weighted by atomic mass is 10.1. The molecule has 0 fully saturated rings. The summed E-state index contributed by atoms with van der Waals surface area (Å²) in [6, 6.07) is 10.5. The molecule has 5 heteroatoms. The van der Waals surface area contributed by atoms with Crippen molar-refractivity contribution in [3.8, 4) is 11.5 Å². The van der Waals surface area contributed by atoms with E-state index in [1.165, 1.54) is 12.1 Å². The van der Waals surface area contributed by atoms with Gasteiger partial charge in [-0.15, -0.1) is 0 Å². The molecule has 0 aromatic heterocycles. The van der Waals surface area contributed by atoms with Gasteiger partial charge in [0.2, 0.25) is 0 Å². The lowest BCUT2D eigenvalue weighted by Gasteiger charge is -2.14. The number of rotatable bonds is 6. The molecule has 0 spiro atoms. The average molecular weight is 294 g/mol. The van der Waals surface area contributed by atoms with E-state index in [1.54, 1.807) is 24.3 Å². The lowest BCUT2D eigenvalue weighted by Crippen LogP contribution is -2.12. The summed E-state index contributed by atoms with van der Waals surface area (Å²) in [4.78, 5) is 0. The molecule has 21 heavy (non-hydrogen) atoms. The molecular formula is C16H16F2O3. The van der Waals surface area contributed by atoms with E-state index < -0.39 is 17.7 Å². The fourth-order valence-electron chi connectivity index (χ4n) is 1.86. The second kappa shape index (κ2) is 7.04. The van der Waals surface area contributed by atoms with Crippen LogP contribution in [0.2, 0.25) is 0 Å². The van der Waals surface area contributed by atoms with E-state index in [1.807, 2.05) is 6.92 Å². The summed E-state index contributed by atoms with van der Waals surface area (Å²) in [5.41, 5.74) is -0.129. The Morgan fingerprint density at radius 1 is 1.05 bits per heavy atom. The van der Waals surface area contributed by atoms with E-state index in [4.69, 9.17) is 9.47 Å². The Morgan fingerprint density at radius 2 is 1.71 bits per heavy atom. The van der Waals surface area contributed by atoms with Crippen LogP contribution in [0.3, 0.4) is 0 Å². The normalized spacial score (nSPS) is 12.0. The van der Waals surface area contributed by atoms with Gasteiger partial charge in [0, 0.05) is 11.6 Å². The molecule has 1 N–H and O–H groups in total. The highest BCUT2D eigenvalue weighted by Gasteiger charge is 2.16. The second-order valence-corrected chi connectivity index (χ2v) is 4.38. The van der Waals surface area contributed by atoms with E-state index in [-0.39, 0.29) is 12.2 Å². The van der Waals surface area contributed by atoms with Gasteiger partial charge in [-0.2, -0.15) is 0 Å². The molecule has 2 aromatic carbocycles. The number of ether oxygens (including phenoxy) is 2. The van der Waals surface area contributed by atoms with E-state index >= 15 is 0 Å². The Labute approximate surface area is 121 Å². The third kappa shape index (κ3) is 3.92. The number of aliphatic hydroxyl groups excluding tert-OH is 1. The third-order valence-corrected chi connectivity index (χ3v) is 2.86. The van der Waals surface area contributed by atoms with Gasteiger partial charge in [0.15, 0.2) is 11.6 Å². The molecule has 0 saturated carbocycles. The molecule has 0 aliphatic heterocycles. The zero-order chi connectivity index (χ0) is 15.2. The zero-order valence-electron chi connectivity index (χ0n) is 11.6. The predicted octanol–water partition coefficient (Wildman–Crippen LogP) is 3.48. The Balaban J connectivity index is 2.02. The zero-order valence-corrected chi connectivity index (χ0v) is 11.6. The molecule has 0 amide bonds. The van der Waals surface area contributed by atoms with Crippen molar-refractivity contribution in [3.05, 3.63) is 59.7 Å². The summed E-state index contributed by atoms with van der Waals surface area (Å²) in [5.74, 6) is -0.931. The van der Waals surface area contributed by atoms with Crippen LogP contribution in [0.25, 0.3) is 0 Å². The van der Waals surface area contributed by atoms with Gasteiger partial charge in [0.1, 0.15) is 24.2 Å². The van der Waals surface area contributed by atoms with Gasteiger partial charge in [-0.25, -0.2) is 8.78 Å². The summed E-state index contributed by atoms with van der Waals surface area (Å²) in [5, 5.41) is 9.90. The van der Waals surface area contributed by atoms with Crippen LogP contribution in [0.15, 0.2) is 42.5 Å². The van der Waals surface area contributed by atoms with Crippen molar-refractivity contribution in [2.24, 2.45) is 0 Å². The molecule has 1 atom stereocenters. The van der Waals surface area contributed by atoms with Gasteiger partial charge >= 0.3 is 0 Å². The summed E-state index contributed by atoms with van der Waals surface area (Å²) < 4.78 is 37.3. The Hall–Kier alpha value is -2.14. The van der Waals surface area contributed by atoms with E-state index in [2.05, 4.69) is 0 Å². The molecule has 0 heterocycles. The minimum Gasteiger partial charge on any atom is -0.494 e. The van der Waals surface area contributed by atoms with E-state index in [9.17, 15) is 13.9 Å². The fraction of sp³-hybridized carbons (Fsp3) is 0.250. The smallest absolute Gasteiger partial charge is 0.164 e. The van der Waals surface area contributed by atoms with Gasteiger partial charge in [-0.1, -0.05) is 18.2 Å². The molecule has 1 unspecified atom stereocenters. The van der Waals surface area contributed by atoms with E-state index in [0.29, 0.717) is 18.1 Å². The molecule has 0 aliphatic rings. The summed E-state index contributed by atoms with van der Waals surface area (Å²) in [6.07, 6.45) is -1.25. The highest BCUT2D eigenvalue weighted by atomic mass is 19.2. The monoisotopic (exact) mass is 294 g/mol. The maximum absolute atomic E-state index is 13.5. The standard InChI is InChI=1S/C16H16F2O3/c1-2-20-11-5-3-6-12(9-11)21-10-15(19)13-7-4-8-14(17)16(13)18/h3-9,15,19H,2,10H2,1H3. The average Bonchev–Trinajstić information content (AvgIpc) is 2.48. The van der Waals surface area contributed by atoms with Crippen molar-refractivity contribution in [1.82, 2.24) is 0 Å². The van der Waals surface area contributed by atoms with Gasteiger partial charge in [-0.3, -0.25) is 0 Å². The van der Waals surface area contributed by atoms with Gasteiger partial charge in [-0.05, 0) is 25.1 Å². The summed E-state index contributed by atoms with van der Waals surface area (Å²) in [7, 11) is 0. The van der Waals surface area contributed by atoms with Crippen LogP contribution in [-0.4, -0.2) is 18.3 Å². The molecule has 0 bridgehead atoms. The molecular weight excluding hydrogens is 278 g/mol. The molecule has 3 nitrogen and oxygen atoms in total. The van der Waals surface area contributed by atoms with Crippen LogP contribution in [0.1, 0.15) is 18.6 Å². The Bertz CT molecular complexity index is 602. The van der Waals surface area contributed by atoms with Crippen LogP contribution in [-0.2, 0) is 0 Å². The quantitative estimate of drug-likeness (QED) is 0.886.